The molecule has 0 amide bonds. The number of aliphatic hydroxyl groups excluding tert-OH is 1. The fourth-order valence-electron chi connectivity index (χ4n) is 4.32. The molecule has 130 valence electrons. The Hall–Kier alpha value is -2.74. The summed E-state index contributed by atoms with van der Waals surface area (Å²) >= 11 is 0. The topological polar surface area (TPSA) is 116 Å². The molecule has 3 aromatic heterocycles. The number of aliphatic hydroxyl groups is 1. The molecule has 25 heavy (non-hydrogen) atoms. The molecule has 0 radical (unpaired) electrons. The van der Waals surface area contributed by atoms with Gasteiger partial charge in [-0.3, -0.25) is 9.89 Å². The second kappa shape index (κ2) is 5.66. The number of nitrogens with zero attached hydrogens (tertiary/aromatic N) is 4. The Bertz CT molecular complexity index is 906. The first-order chi connectivity index (χ1) is 12.1. The van der Waals surface area contributed by atoms with E-state index < -0.39 is 23.4 Å². The fourth-order valence-corrected chi connectivity index (χ4v) is 4.32. The number of H-pyrrole nitrogens is 1. The lowest BCUT2D eigenvalue weighted by molar-refractivity contribution is -0.159. The summed E-state index contributed by atoms with van der Waals surface area (Å²) in [7, 11) is 0. The Balaban J connectivity index is 2.03. The first-order valence-electron chi connectivity index (χ1n) is 8.28. The predicted molar refractivity (Wildman–Crippen MR) is 88.0 cm³/mol. The van der Waals surface area contributed by atoms with Gasteiger partial charge in [0.05, 0.1) is 30.1 Å². The summed E-state index contributed by atoms with van der Waals surface area (Å²) in [5, 5.41) is 31.3. The van der Waals surface area contributed by atoms with Crippen LogP contribution in [0.3, 0.4) is 0 Å². The van der Waals surface area contributed by atoms with Gasteiger partial charge in [0.15, 0.2) is 5.65 Å². The van der Waals surface area contributed by atoms with Crippen LogP contribution < -0.4 is 0 Å². The van der Waals surface area contributed by atoms with E-state index in [1.807, 2.05) is 0 Å². The molecule has 1 aliphatic carbocycles. The average molecular weight is 341 g/mol. The highest BCUT2D eigenvalue weighted by molar-refractivity contribution is 5.79. The van der Waals surface area contributed by atoms with Crippen LogP contribution in [0.4, 0.5) is 0 Å². The minimum atomic E-state index is -1.35. The molecular formula is C17H19N5O3. The number of carboxylic acids is 1. The Morgan fingerprint density at radius 1 is 1.32 bits per heavy atom. The number of fused-ring (bicyclic) bond motifs is 1. The van der Waals surface area contributed by atoms with E-state index >= 15 is 0 Å². The maximum Gasteiger partial charge on any atom is 0.313 e. The largest absolute Gasteiger partial charge is 0.481 e. The number of aromatic nitrogens is 5. The van der Waals surface area contributed by atoms with E-state index in [0.717, 1.165) is 18.4 Å². The third-order valence-corrected chi connectivity index (χ3v) is 5.59. The zero-order valence-electron chi connectivity index (χ0n) is 13.6. The summed E-state index contributed by atoms with van der Waals surface area (Å²) in [5.41, 5.74) is -0.299. The van der Waals surface area contributed by atoms with Gasteiger partial charge >= 0.3 is 5.97 Å². The monoisotopic (exact) mass is 341 g/mol. The molecule has 1 aliphatic rings. The van der Waals surface area contributed by atoms with Crippen LogP contribution in [0.5, 0.6) is 0 Å². The number of hydrogen-bond acceptors (Lipinski definition) is 5. The van der Waals surface area contributed by atoms with Crippen LogP contribution in [-0.4, -0.2) is 47.6 Å². The molecule has 2 atom stereocenters. The van der Waals surface area contributed by atoms with Crippen molar-refractivity contribution in [3.05, 3.63) is 48.2 Å². The summed E-state index contributed by atoms with van der Waals surface area (Å²) in [6, 6.07) is 3.57. The van der Waals surface area contributed by atoms with Gasteiger partial charge in [-0.2, -0.15) is 10.2 Å². The van der Waals surface area contributed by atoms with E-state index in [2.05, 4.69) is 15.3 Å². The minimum Gasteiger partial charge on any atom is -0.481 e. The lowest BCUT2D eigenvalue weighted by Crippen LogP contribution is -2.56. The highest BCUT2D eigenvalue weighted by Gasteiger charge is 2.60. The smallest absolute Gasteiger partial charge is 0.313 e. The predicted octanol–water partition coefficient (Wildman–Crippen LogP) is 1.38. The maximum atomic E-state index is 12.4. The van der Waals surface area contributed by atoms with Crippen molar-refractivity contribution in [2.75, 3.05) is 6.61 Å². The van der Waals surface area contributed by atoms with Crippen molar-refractivity contribution in [1.82, 2.24) is 24.8 Å². The minimum absolute atomic E-state index is 0.385. The number of carbonyl (C=O) groups is 1. The Kier molecular flexibility index (Phi) is 3.57. The van der Waals surface area contributed by atoms with Crippen molar-refractivity contribution < 1.29 is 15.0 Å². The highest BCUT2D eigenvalue weighted by Crippen LogP contribution is 2.55. The van der Waals surface area contributed by atoms with Crippen molar-refractivity contribution in [3.8, 4) is 0 Å². The zero-order valence-corrected chi connectivity index (χ0v) is 13.6. The van der Waals surface area contributed by atoms with Gasteiger partial charge < -0.3 is 10.2 Å². The lowest BCUT2D eigenvalue weighted by atomic mass is 9.52. The number of aliphatic carboxylic acids is 1. The van der Waals surface area contributed by atoms with E-state index in [0.29, 0.717) is 24.2 Å². The Morgan fingerprint density at radius 2 is 2.16 bits per heavy atom. The van der Waals surface area contributed by atoms with Crippen molar-refractivity contribution in [2.45, 2.75) is 31.1 Å². The number of hydrogen-bond donors (Lipinski definition) is 3. The third kappa shape index (κ3) is 2.03. The van der Waals surface area contributed by atoms with Crippen molar-refractivity contribution in [1.29, 1.82) is 0 Å². The number of nitrogens with one attached hydrogen (secondary N) is 1. The van der Waals surface area contributed by atoms with Crippen LogP contribution in [0.1, 0.15) is 36.9 Å². The Labute approximate surface area is 143 Å². The van der Waals surface area contributed by atoms with Crippen LogP contribution >= 0.6 is 0 Å². The molecule has 0 saturated heterocycles. The summed E-state index contributed by atoms with van der Waals surface area (Å²) in [6.45, 7) is -0.459. The van der Waals surface area contributed by atoms with Gasteiger partial charge in [-0.1, -0.05) is 12.8 Å². The molecule has 8 heteroatoms. The van der Waals surface area contributed by atoms with Gasteiger partial charge in [-0.25, -0.2) is 9.50 Å². The first-order valence-corrected chi connectivity index (χ1v) is 8.28. The molecule has 2 unspecified atom stereocenters. The fraction of sp³-hybridized carbons (Fsp3) is 0.412. The molecule has 4 rings (SSSR count). The first kappa shape index (κ1) is 15.8. The summed E-state index contributed by atoms with van der Waals surface area (Å²) in [6.07, 6.45) is 9.34. The molecule has 0 spiro atoms. The summed E-state index contributed by atoms with van der Waals surface area (Å²) < 4.78 is 1.64. The molecule has 0 aromatic carbocycles. The standard InChI is InChI=1S/C17H19N5O3/c23-11-16(15(24)25)5-1-2-6-17(16,12-9-18-19-10-12)13-4-8-22-14(21-13)3-7-20-22/h3-4,7-10,23H,1-2,5-6,11H2,(H,18,19)(H,24,25). The zero-order chi connectivity index (χ0) is 17.5. The van der Waals surface area contributed by atoms with Crippen LogP contribution in [0, 0.1) is 5.41 Å². The number of rotatable bonds is 4. The summed E-state index contributed by atoms with van der Waals surface area (Å²) in [5.74, 6) is -1.01. The molecule has 3 aromatic rings. The maximum absolute atomic E-state index is 12.4. The number of carboxylic acid groups (broad SMARTS) is 1. The van der Waals surface area contributed by atoms with Gasteiger partial charge in [0.1, 0.15) is 5.41 Å². The van der Waals surface area contributed by atoms with Crippen LogP contribution in [-0.2, 0) is 10.2 Å². The van der Waals surface area contributed by atoms with E-state index in [1.54, 1.807) is 41.4 Å². The van der Waals surface area contributed by atoms with Crippen molar-refractivity contribution in [2.24, 2.45) is 5.41 Å². The van der Waals surface area contributed by atoms with Crippen molar-refractivity contribution >= 4 is 11.6 Å². The van der Waals surface area contributed by atoms with Gasteiger partial charge in [0, 0.05) is 24.0 Å². The third-order valence-electron chi connectivity index (χ3n) is 5.59. The van der Waals surface area contributed by atoms with Crippen LogP contribution in [0.15, 0.2) is 36.9 Å². The second-order valence-corrected chi connectivity index (χ2v) is 6.59. The van der Waals surface area contributed by atoms with Crippen molar-refractivity contribution in [3.63, 3.8) is 0 Å². The van der Waals surface area contributed by atoms with Crippen LogP contribution in [0.25, 0.3) is 5.65 Å². The summed E-state index contributed by atoms with van der Waals surface area (Å²) in [4.78, 5) is 17.1. The molecule has 0 aliphatic heterocycles. The number of aromatic amines is 1. The van der Waals surface area contributed by atoms with E-state index in [1.165, 1.54) is 0 Å². The quantitative estimate of drug-likeness (QED) is 0.660. The molecule has 8 nitrogen and oxygen atoms in total. The Morgan fingerprint density at radius 3 is 2.88 bits per heavy atom. The van der Waals surface area contributed by atoms with Gasteiger partial charge in [0.2, 0.25) is 0 Å². The van der Waals surface area contributed by atoms with Gasteiger partial charge in [-0.05, 0) is 18.9 Å². The highest BCUT2D eigenvalue weighted by atomic mass is 16.4. The lowest BCUT2D eigenvalue weighted by Gasteiger charge is -2.49. The molecule has 1 fully saturated rings. The molecule has 3 N–H and O–H groups in total. The second-order valence-electron chi connectivity index (χ2n) is 6.59. The van der Waals surface area contributed by atoms with E-state index in [4.69, 9.17) is 4.98 Å². The molecule has 1 saturated carbocycles. The normalized spacial score (nSPS) is 26.8. The molecule has 0 bridgehead atoms. The van der Waals surface area contributed by atoms with E-state index in [9.17, 15) is 15.0 Å². The molecular weight excluding hydrogens is 322 g/mol. The van der Waals surface area contributed by atoms with Crippen LogP contribution in [0.2, 0.25) is 0 Å². The SMILES string of the molecule is O=C(O)C1(CO)CCCCC1(c1cn[nH]c1)c1ccn2nccc2n1. The molecule has 3 heterocycles. The van der Waals surface area contributed by atoms with Gasteiger partial charge in [0.25, 0.3) is 0 Å². The van der Waals surface area contributed by atoms with E-state index in [-0.39, 0.29) is 0 Å². The van der Waals surface area contributed by atoms with Gasteiger partial charge in [-0.15, -0.1) is 0 Å². The average Bonchev–Trinajstić information content (AvgIpc) is 3.32.